The van der Waals surface area contributed by atoms with Crippen LogP contribution in [0, 0.1) is 0 Å². The van der Waals surface area contributed by atoms with Crippen LogP contribution in [0.3, 0.4) is 0 Å². The molecule has 0 bridgehead atoms. The Morgan fingerprint density at radius 3 is 2.94 bits per heavy atom. The molecule has 0 spiro atoms. The third kappa shape index (κ3) is 2.50. The van der Waals surface area contributed by atoms with Crippen LogP contribution in [-0.4, -0.2) is 36.5 Å². The second-order valence-corrected chi connectivity index (χ2v) is 4.80. The second kappa shape index (κ2) is 5.07. The van der Waals surface area contributed by atoms with Crippen molar-refractivity contribution in [2.24, 2.45) is 0 Å². The molecule has 1 aromatic carbocycles. The van der Waals surface area contributed by atoms with E-state index in [1.54, 1.807) is 0 Å². The predicted molar refractivity (Wildman–Crippen MR) is 67.4 cm³/mol. The van der Waals surface area contributed by atoms with E-state index in [1.165, 1.54) is 5.56 Å². The van der Waals surface area contributed by atoms with E-state index in [2.05, 4.69) is 31.0 Å². The van der Waals surface area contributed by atoms with Crippen molar-refractivity contribution < 1.29 is 4.74 Å². The van der Waals surface area contributed by atoms with Crippen LogP contribution in [0.25, 0.3) is 0 Å². The van der Waals surface area contributed by atoms with Crippen LogP contribution in [0.1, 0.15) is 12.5 Å². The smallest absolute Gasteiger partial charge is 0.123 e. The summed E-state index contributed by atoms with van der Waals surface area (Å²) in [5.74, 6) is 1.70. The van der Waals surface area contributed by atoms with Gasteiger partial charge in [0.05, 0.1) is 0 Å². The van der Waals surface area contributed by atoms with Crippen LogP contribution in [-0.2, 0) is 6.42 Å². The Morgan fingerprint density at radius 2 is 2.25 bits per heavy atom. The number of hydrogen-bond donors (Lipinski definition) is 0. The van der Waals surface area contributed by atoms with Gasteiger partial charge in [0.15, 0.2) is 0 Å². The monoisotopic (exact) mass is 239 g/mol. The maximum absolute atomic E-state index is 5.89. The first-order valence-corrected chi connectivity index (χ1v) is 6.25. The van der Waals surface area contributed by atoms with Gasteiger partial charge in [0.1, 0.15) is 11.9 Å². The van der Waals surface area contributed by atoms with E-state index >= 15 is 0 Å². The number of hydrogen-bond acceptors (Lipinski definition) is 2. The summed E-state index contributed by atoms with van der Waals surface area (Å²) in [6.07, 6.45) is 1.28. The summed E-state index contributed by atoms with van der Waals surface area (Å²) in [7, 11) is 2.10. The first-order chi connectivity index (χ1) is 7.70. The summed E-state index contributed by atoms with van der Waals surface area (Å²) in [6.45, 7) is 3.07. The molecule has 2 nitrogen and oxygen atoms in total. The molecule has 0 saturated carbocycles. The van der Waals surface area contributed by atoms with E-state index in [4.69, 9.17) is 16.3 Å². The molecule has 0 radical (unpaired) electrons. The number of likely N-dealkylation sites (N-methyl/N-ethyl adjacent to an activating group) is 1. The maximum atomic E-state index is 5.89. The van der Waals surface area contributed by atoms with Crippen molar-refractivity contribution in [3.8, 4) is 5.75 Å². The third-order valence-corrected chi connectivity index (χ3v) is 3.63. The minimum atomic E-state index is 0.271. The van der Waals surface area contributed by atoms with Crippen molar-refractivity contribution in [2.75, 3.05) is 19.5 Å². The van der Waals surface area contributed by atoms with E-state index in [1.807, 2.05) is 12.1 Å². The Balaban J connectivity index is 1.92. The summed E-state index contributed by atoms with van der Waals surface area (Å²) in [6, 6.07) is 8.66. The van der Waals surface area contributed by atoms with Gasteiger partial charge < -0.3 is 4.74 Å². The van der Waals surface area contributed by atoms with Gasteiger partial charge in [-0.25, -0.2) is 0 Å². The highest BCUT2D eigenvalue weighted by atomic mass is 35.5. The van der Waals surface area contributed by atoms with Crippen molar-refractivity contribution in [3.05, 3.63) is 29.8 Å². The Morgan fingerprint density at radius 1 is 1.50 bits per heavy atom. The van der Waals surface area contributed by atoms with Gasteiger partial charge in [0, 0.05) is 24.9 Å². The summed E-state index contributed by atoms with van der Waals surface area (Å²) in [5.41, 5.74) is 1.32. The molecule has 0 amide bonds. The minimum Gasteiger partial charge on any atom is -0.488 e. The number of halogens is 1. The van der Waals surface area contributed by atoms with Crippen LogP contribution in [0.4, 0.5) is 0 Å². The van der Waals surface area contributed by atoms with Crippen LogP contribution >= 0.6 is 11.6 Å². The van der Waals surface area contributed by atoms with Gasteiger partial charge >= 0.3 is 0 Å². The van der Waals surface area contributed by atoms with Crippen molar-refractivity contribution in [1.29, 1.82) is 0 Å². The zero-order valence-corrected chi connectivity index (χ0v) is 10.6. The summed E-state index contributed by atoms with van der Waals surface area (Å²) < 4.78 is 5.89. The number of para-hydroxylation sites is 1. The van der Waals surface area contributed by atoms with Gasteiger partial charge in [-0.1, -0.05) is 18.2 Å². The lowest BCUT2D eigenvalue weighted by Gasteiger charge is -2.25. The molecule has 1 aliphatic rings. The molecule has 16 heavy (non-hydrogen) atoms. The first-order valence-electron chi connectivity index (χ1n) is 5.71. The fraction of sp³-hybridized carbons (Fsp3) is 0.538. The molecule has 3 heteroatoms. The first kappa shape index (κ1) is 11.7. The third-order valence-electron chi connectivity index (χ3n) is 3.18. The molecular formula is C13H18ClNO. The fourth-order valence-electron chi connectivity index (χ4n) is 1.97. The highest BCUT2D eigenvalue weighted by Crippen LogP contribution is 2.28. The maximum Gasteiger partial charge on any atom is 0.123 e. The van der Waals surface area contributed by atoms with E-state index in [9.17, 15) is 0 Å². The van der Waals surface area contributed by atoms with Crippen LogP contribution in [0.15, 0.2) is 24.3 Å². The SMILES string of the molecule is CC(CCl)N(C)CC1Cc2ccccc2O1. The van der Waals surface area contributed by atoms with Gasteiger partial charge in [-0.2, -0.15) is 0 Å². The number of fused-ring (bicyclic) bond motifs is 1. The normalized spacial score (nSPS) is 20.6. The van der Waals surface area contributed by atoms with Crippen LogP contribution in [0.5, 0.6) is 5.75 Å². The zero-order valence-electron chi connectivity index (χ0n) is 9.82. The molecule has 2 unspecified atom stereocenters. The van der Waals surface area contributed by atoms with E-state index in [0.29, 0.717) is 11.9 Å². The largest absolute Gasteiger partial charge is 0.488 e. The van der Waals surface area contributed by atoms with Gasteiger partial charge in [0.2, 0.25) is 0 Å². The van der Waals surface area contributed by atoms with E-state index in [0.717, 1.165) is 18.7 Å². The average Bonchev–Trinajstić information content (AvgIpc) is 2.69. The molecule has 2 atom stereocenters. The van der Waals surface area contributed by atoms with Crippen molar-refractivity contribution in [1.82, 2.24) is 4.90 Å². The molecule has 0 N–H and O–H groups in total. The Labute approximate surface area is 102 Å². The van der Waals surface area contributed by atoms with Gasteiger partial charge in [-0.3, -0.25) is 4.90 Å². The summed E-state index contributed by atoms with van der Waals surface area (Å²) >= 11 is 5.84. The average molecular weight is 240 g/mol. The lowest BCUT2D eigenvalue weighted by Crippen LogP contribution is -2.38. The topological polar surface area (TPSA) is 12.5 Å². The molecule has 0 aromatic heterocycles. The molecule has 1 heterocycles. The van der Waals surface area contributed by atoms with Gasteiger partial charge in [0.25, 0.3) is 0 Å². The lowest BCUT2D eigenvalue weighted by atomic mass is 10.1. The molecule has 2 rings (SSSR count). The molecule has 1 aliphatic heterocycles. The standard InChI is InChI=1S/C13H18ClNO/c1-10(8-14)15(2)9-12-7-11-5-3-4-6-13(11)16-12/h3-6,10,12H,7-9H2,1-2H3. The van der Waals surface area contributed by atoms with Crippen molar-refractivity contribution in [2.45, 2.75) is 25.5 Å². The van der Waals surface area contributed by atoms with E-state index < -0.39 is 0 Å². The molecule has 88 valence electrons. The molecule has 0 fully saturated rings. The number of alkyl halides is 1. The number of benzene rings is 1. The van der Waals surface area contributed by atoms with Crippen molar-refractivity contribution in [3.63, 3.8) is 0 Å². The molecule has 1 aromatic rings. The fourth-order valence-corrected chi connectivity index (χ4v) is 2.21. The highest BCUT2D eigenvalue weighted by molar-refractivity contribution is 6.18. The Kier molecular flexibility index (Phi) is 3.72. The van der Waals surface area contributed by atoms with E-state index in [-0.39, 0.29) is 6.10 Å². The molecule has 0 aliphatic carbocycles. The van der Waals surface area contributed by atoms with Crippen LogP contribution < -0.4 is 4.74 Å². The minimum absolute atomic E-state index is 0.271. The zero-order chi connectivity index (χ0) is 11.5. The number of nitrogens with zero attached hydrogens (tertiary/aromatic N) is 1. The highest BCUT2D eigenvalue weighted by Gasteiger charge is 2.24. The van der Waals surface area contributed by atoms with Gasteiger partial charge in [-0.05, 0) is 25.6 Å². The Bertz CT molecular complexity index is 331. The molecule has 0 saturated heterocycles. The summed E-state index contributed by atoms with van der Waals surface area (Å²) in [5, 5.41) is 0. The quantitative estimate of drug-likeness (QED) is 0.749. The van der Waals surface area contributed by atoms with Crippen LogP contribution in [0.2, 0.25) is 0 Å². The number of ether oxygens (including phenoxy) is 1. The Hall–Kier alpha value is -0.730. The van der Waals surface area contributed by atoms with Gasteiger partial charge in [-0.15, -0.1) is 11.6 Å². The second-order valence-electron chi connectivity index (χ2n) is 4.49. The predicted octanol–water partition coefficient (Wildman–Crippen LogP) is 2.55. The van der Waals surface area contributed by atoms with Crippen molar-refractivity contribution >= 4 is 11.6 Å². The number of rotatable bonds is 4. The summed E-state index contributed by atoms with van der Waals surface area (Å²) in [4.78, 5) is 2.25. The lowest BCUT2D eigenvalue weighted by molar-refractivity contribution is 0.150. The molecular weight excluding hydrogens is 222 g/mol.